The lowest BCUT2D eigenvalue weighted by atomic mass is 10.1. The zero-order valence-corrected chi connectivity index (χ0v) is 15.1. The number of nitrogens with zero attached hydrogens (tertiary/aromatic N) is 1. The minimum absolute atomic E-state index is 0.185. The molecule has 0 atom stereocenters. The molecule has 3 rings (SSSR count). The number of aryl methyl sites for hydroxylation is 1. The summed E-state index contributed by atoms with van der Waals surface area (Å²) in [7, 11) is 0. The number of nitrogens with two attached hydrogens (primary N) is 1. The number of thiophene rings is 1. The number of carbonyl (C=O) groups excluding carboxylic acids is 1. The Labute approximate surface area is 145 Å². The molecule has 3 N–H and O–H groups in total. The molecule has 5 heteroatoms. The molecule has 0 aliphatic rings. The van der Waals surface area contributed by atoms with Crippen LogP contribution in [-0.4, -0.2) is 10.9 Å². The van der Waals surface area contributed by atoms with Gasteiger partial charge in [0.15, 0.2) is 0 Å². The Bertz CT molecular complexity index is 928. The van der Waals surface area contributed by atoms with Crippen LogP contribution in [0.1, 0.15) is 46.3 Å². The van der Waals surface area contributed by atoms with Crippen LogP contribution in [0.4, 0.5) is 11.4 Å². The maximum atomic E-state index is 12.7. The molecular weight excluding hydrogens is 318 g/mol. The van der Waals surface area contributed by atoms with Crippen molar-refractivity contribution in [2.75, 3.05) is 11.1 Å². The molecule has 2 heterocycles. The van der Waals surface area contributed by atoms with Crippen LogP contribution in [0, 0.1) is 13.8 Å². The van der Waals surface area contributed by atoms with Gasteiger partial charge >= 0.3 is 0 Å². The van der Waals surface area contributed by atoms with Crippen LogP contribution in [0.15, 0.2) is 30.3 Å². The number of hydrogen-bond donors (Lipinski definition) is 2. The number of nitrogen functional groups attached to an aromatic ring is 1. The predicted molar refractivity (Wildman–Crippen MR) is 102 cm³/mol. The van der Waals surface area contributed by atoms with Gasteiger partial charge in [0, 0.05) is 16.8 Å². The number of benzene rings is 1. The van der Waals surface area contributed by atoms with Crippen molar-refractivity contribution in [1.29, 1.82) is 0 Å². The predicted octanol–water partition coefficient (Wildman–Crippen LogP) is 4.87. The average molecular weight is 339 g/mol. The third-order valence-electron chi connectivity index (χ3n) is 4.27. The average Bonchev–Trinajstić information content (AvgIpc) is 2.88. The molecule has 0 saturated heterocycles. The highest BCUT2D eigenvalue weighted by atomic mass is 32.1. The van der Waals surface area contributed by atoms with Crippen molar-refractivity contribution in [2.45, 2.75) is 33.6 Å². The van der Waals surface area contributed by atoms with E-state index in [0.717, 1.165) is 32.7 Å². The van der Waals surface area contributed by atoms with Gasteiger partial charge in [0.2, 0.25) is 0 Å². The van der Waals surface area contributed by atoms with Crippen LogP contribution in [0.2, 0.25) is 0 Å². The topological polar surface area (TPSA) is 68.0 Å². The molecule has 124 valence electrons. The summed E-state index contributed by atoms with van der Waals surface area (Å²) in [6, 6.07) is 9.79. The molecule has 1 aromatic carbocycles. The number of amides is 1. The van der Waals surface area contributed by atoms with E-state index in [0.29, 0.717) is 16.5 Å². The quantitative estimate of drug-likeness (QED) is 0.715. The maximum Gasteiger partial charge on any atom is 0.267 e. The molecule has 0 fully saturated rings. The highest BCUT2D eigenvalue weighted by molar-refractivity contribution is 7.21. The SMILES string of the molecule is Cc1cccc(NC(=O)c2sc3nc(C(C)C)ccc3c2N)c1C. The highest BCUT2D eigenvalue weighted by Crippen LogP contribution is 2.34. The Kier molecular flexibility index (Phi) is 4.28. The smallest absolute Gasteiger partial charge is 0.267 e. The molecule has 0 spiro atoms. The molecule has 0 unspecified atom stereocenters. The fraction of sp³-hybridized carbons (Fsp3) is 0.263. The van der Waals surface area contributed by atoms with E-state index >= 15 is 0 Å². The van der Waals surface area contributed by atoms with Gasteiger partial charge < -0.3 is 11.1 Å². The number of nitrogens with one attached hydrogen (secondary N) is 1. The molecule has 0 radical (unpaired) electrons. The molecular formula is C19H21N3OS. The van der Waals surface area contributed by atoms with E-state index < -0.39 is 0 Å². The zero-order chi connectivity index (χ0) is 17.4. The number of pyridine rings is 1. The molecule has 0 bridgehead atoms. The van der Waals surface area contributed by atoms with Crippen molar-refractivity contribution in [1.82, 2.24) is 4.98 Å². The van der Waals surface area contributed by atoms with Gasteiger partial charge in [-0.2, -0.15) is 0 Å². The van der Waals surface area contributed by atoms with Gasteiger partial charge in [-0.15, -0.1) is 11.3 Å². The summed E-state index contributed by atoms with van der Waals surface area (Å²) in [5.41, 5.74) is 10.7. The van der Waals surface area contributed by atoms with E-state index in [1.807, 2.05) is 44.2 Å². The van der Waals surface area contributed by atoms with Gasteiger partial charge in [0.25, 0.3) is 5.91 Å². The Hall–Kier alpha value is -2.40. The van der Waals surface area contributed by atoms with Crippen LogP contribution in [-0.2, 0) is 0 Å². The lowest BCUT2D eigenvalue weighted by Crippen LogP contribution is -2.13. The first kappa shape index (κ1) is 16.5. The van der Waals surface area contributed by atoms with E-state index in [1.54, 1.807) is 0 Å². The normalized spacial score (nSPS) is 11.2. The Balaban J connectivity index is 1.98. The number of rotatable bonds is 3. The second-order valence-electron chi connectivity index (χ2n) is 6.29. The minimum Gasteiger partial charge on any atom is -0.397 e. The van der Waals surface area contributed by atoms with Crippen molar-refractivity contribution >= 4 is 38.8 Å². The summed E-state index contributed by atoms with van der Waals surface area (Å²) >= 11 is 1.34. The maximum absolute atomic E-state index is 12.7. The summed E-state index contributed by atoms with van der Waals surface area (Å²) in [4.78, 5) is 18.6. The van der Waals surface area contributed by atoms with Crippen LogP contribution in [0.5, 0.6) is 0 Å². The van der Waals surface area contributed by atoms with Gasteiger partial charge in [0.1, 0.15) is 9.71 Å². The first-order valence-electron chi connectivity index (χ1n) is 7.95. The Morgan fingerprint density at radius 1 is 1.21 bits per heavy atom. The first-order valence-corrected chi connectivity index (χ1v) is 8.76. The molecule has 0 aliphatic heterocycles. The van der Waals surface area contributed by atoms with E-state index in [-0.39, 0.29) is 5.91 Å². The second kappa shape index (κ2) is 6.24. The molecule has 24 heavy (non-hydrogen) atoms. The third kappa shape index (κ3) is 2.87. The zero-order valence-electron chi connectivity index (χ0n) is 14.3. The lowest BCUT2D eigenvalue weighted by molar-refractivity contribution is 0.103. The largest absolute Gasteiger partial charge is 0.397 e. The van der Waals surface area contributed by atoms with Gasteiger partial charge in [0.05, 0.1) is 5.69 Å². The van der Waals surface area contributed by atoms with Crippen LogP contribution in [0.25, 0.3) is 10.2 Å². The number of aromatic nitrogens is 1. The summed E-state index contributed by atoms with van der Waals surface area (Å²) in [6.45, 7) is 8.21. The van der Waals surface area contributed by atoms with E-state index in [9.17, 15) is 4.79 Å². The molecule has 4 nitrogen and oxygen atoms in total. The Morgan fingerprint density at radius 2 is 1.96 bits per heavy atom. The van der Waals surface area contributed by atoms with Gasteiger partial charge in [-0.3, -0.25) is 4.79 Å². The van der Waals surface area contributed by atoms with Crippen LogP contribution >= 0.6 is 11.3 Å². The standard InChI is InChI=1S/C19H21N3OS/c1-10(2)14-9-8-13-16(20)17(24-19(13)22-14)18(23)21-15-7-5-6-11(3)12(15)4/h5-10H,20H2,1-4H3,(H,21,23). The fourth-order valence-corrected chi connectivity index (χ4v) is 3.56. The minimum atomic E-state index is -0.185. The molecule has 1 amide bonds. The summed E-state index contributed by atoms with van der Waals surface area (Å²) in [5.74, 6) is 0.153. The lowest BCUT2D eigenvalue weighted by Gasteiger charge is -2.09. The molecule has 2 aromatic heterocycles. The molecule has 0 aliphatic carbocycles. The van der Waals surface area contributed by atoms with E-state index in [4.69, 9.17) is 5.73 Å². The van der Waals surface area contributed by atoms with Crippen molar-refractivity contribution in [3.63, 3.8) is 0 Å². The summed E-state index contributed by atoms with van der Waals surface area (Å²) in [6.07, 6.45) is 0. The molecule has 0 saturated carbocycles. The summed E-state index contributed by atoms with van der Waals surface area (Å²) in [5, 5.41) is 3.81. The monoisotopic (exact) mass is 339 g/mol. The van der Waals surface area contributed by atoms with Crippen molar-refractivity contribution < 1.29 is 4.79 Å². The van der Waals surface area contributed by atoms with Crippen molar-refractivity contribution in [2.24, 2.45) is 0 Å². The number of carbonyl (C=O) groups is 1. The van der Waals surface area contributed by atoms with Crippen molar-refractivity contribution in [3.8, 4) is 0 Å². The van der Waals surface area contributed by atoms with E-state index in [2.05, 4.69) is 24.1 Å². The summed E-state index contributed by atoms with van der Waals surface area (Å²) < 4.78 is 0. The molecule has 3 aromatic rings. The van der Waals surface area contributed by atoms with Gasteiger partial charge in [-0.25, -0.2) is 4.98 Å². The van der Waals surface area contributed by atoms with Crippen LogP contribution < -0.4 is 11.1 Å². The fourth-order valence-electron chi connectivity index (χ4n) is 2.57. The number of hydrogen-bond acceptors (Lipinski definition) is 4. The van der Waals surface area contributed by atoms with Crippen LogP contribution in [0.3, 0.4) is 0 Å². The first-order chi connectivity index (χ1) is 11.4. The number of fused-ring (bicyclic) bond motifs is 1. The number of anilines is 2. The Morgan fingerprint density at radius 3 is 2.67 bits per heavy atom. The van der Waals surface area contributed by atoms with Gasteiger partial charge in [-0.05, 0) is 49.1 Å². The third-order valence-corrected chi connectivity index (χ3v) is 5.38. The second-order valence-corrected chi connectivity index (χ2v) is 7.29. The van der Waals surface area contributed by atoms with E-state index in [1.165, 1.54) is 11.3 Å². The van der Waals surface area contributed by atoms with Crippen molar-refractivity contribution in [3.05, 3.63) is 52.0 Å². The van der Waals surface area contributed by atoms with Gasteiger partial charge in [-0.1, -0.05) is 26.0 Å². The highest BCUT2D eigenvalue weighted by Gasteiger charge is 2.18.